The Hall–Kier alpha value is -3.29. The van der Waals surface area contributed by atoms with Crippen LogP contribution < -0.4 is 19.5 Å². The fraction of sp³-hybridized carbons (Fsp3) is 0.462. The Morgan fingerprint density at radius 2 is 1.94 bits per heavy atom. The highest BCUT2D eigenvalue weighted by Crippen LogP contribution is 2.36. The smallest absolute Gasteiger partial charge is 0.231 e. The van der Waals surface area contributed by atoms with Crippen molar-refractivity contribution in [2.45, 2.75) is 56.6 Å². The largest absolute Gasteiger partial charge is 0.487 e. The molecule has 0 saturated carbocycles. The first-order valence-electron chi connectivity index (χ1n) is 11.9. The van der Waals surface area contributed by atoms with Gasteiger partial charge in [0.25, 0.3) is 0 Å². The summed E-state index contributed by atoms with van der Waals surface area (Å²) in [7, 11) is 0. The molecule has 2 amide bonds. The average molecular weight is 469 g/mol. The maximum atomic E-state index is 13.9. The Bertz CT molecular complexity index is 1070. The number of carbonyl (C=O) groups is 2. The van der Waals surface area contributed by atoms with E-state index in [1.165, 1.54) is 6.07 Å². The Kier molecular flexibility index (Phi) is 6.30. The number of likely N-dealkylation sites (tertiary alicyclic amines) is 1. The molecule has 7 nitrogen and oxygen atoms in total. The van der Waals surface area contributed by atoms with Crippen LogP contribution in [0.1, 0.15) is 44.1 Å². The third-order valence-electron chi connectivity index (χ3n) is 6.96. The number of nitrogens with zero attached hydrogens (tertiary/aromatic N) is 1. The van der Waals surface area contributed by atoms with Gasteiger partial charge in [0.2, 0.25) is 18.6 Å². The fourth-order valence-corrected chi connectivity index (χ4v) is 5.07. The minimum absolute atomic E-state index is 0.0271. The molecule has 2 saturated heterocycles. The monoisotopic (exact) mass is 468 g/mol. The lowest BCUT2D eigenvalue weighted by Crippen LogP contribution is -2.46. The maximum absolute atomic E-state index is 13.9. The van der Waals surface area contributed by atoms with Crippen LogP contribution in [0.4, 0.5) is 4.39 Å². The minimum atomic E-state index is -0.438. The lowest BCUT2D eigenvalue weighted by molar-refractivity contribution is -0.133. The molecule has 34 heavy (non-hydrogen) atoms. The van der Waals surface area contributed by atoms with Gasteiger partial charge in [-0.3, -0.25) is 9.59 Å². The molecule has 2 aromatic rings. The van der Waals surface area contributed by atoms with Crippen molar-refractivity contribution < 1.29 is 28.2 Å². The van der Waals surface area contributed by atoms with Crippen molar-refractivity contribution in [3.05, 3.63) is 53.8 Å². The molecule has 0 bridgehead atoms. The van der Waals surface area contributed by atoms with Crippen LogP contribution in [-0.2, 0) is 16.0 Å². The summed E-state index contributed by atoms with van der Waals surface area (Å²) < 4.78 is 30.5. The van der Waals surface area contributed by atoms with Crippen LogP contribution in [0, 0.1) is 5.82 Å². The summed E-state index contributed by atoms with van der Waals surface area (Å²) in [5, 5.41) is 3.14. The molecule has 0 unspecified atom stereocenters. The van der Waals surface area contributed by atoms with Gasteiger partial charge in [0, 0.05) is 44.3 Å². The molecule has 5 rings (SSSR count). The standard InChI is InChI=1S/C26H29FN2O5/c27-20-3-1-2-4-21(20)34-19-9-13-29(14-10-19)25(31)8-12-26(11-7-24(30)28-26)16-18-5-6-22-23(15-18)33-17-32-22/h1-6,15,19H,7-14,16-17H2,(H,28,30)/t26-/m1/s1. The van der Waals surface area contributed by atoms with Gasteiger partial charge in [-0.05, 0) is 49.1 Å². The molecule has 0 aliphatic carbocycles. The summed E-state index contributed by atoms with van der Waals surface area (Å²) in [6, 6.07) is 12.2. The van der Waals surface area contributed by atoms with Crippen LogP contribution in [0.5, 0.6) is 17.2 Å². The molecule has 2 aromatic carbocycles. The summed E-state index contributed by atoms with van der Waals surface area (Å²) in [5.74, 6) is 1.44. The van der Waals surface area contributed by atoms with Crippen molar-refractivity contribution in [1.82, 2.24) is 10.2 Å². The number of para-hydroxylation sites is 1. The number of benzene rings is 2. The normalized spacial score (nSPS) is 22.0. The lowest BCUT2D eigenvalue weighted by atomic mass is 9.84. The quantitative estimate of drug-likeness (QED) is 0.672. The van der Waals surface area contributed by atoms with Gasteiger partial charge in [-0.15, -0.1) is 0 Å². The Labute approximate surface area is 198 Å². The molecular formula is C26H29FN2O5. The third kappa shape index (κ3) is 4.95. The molecule has 0 radical (unpaired) electrons. The highest BCUT2D eigenvalue weighted by Gasteiger charge is 2.38. The first-order chi connectivity index (χ1) is 16.5. The van der Waals surface area contributed by atoms with Crippen LogP contribution >= 0.6 is 0 Å². The number of hydrogen-bond acceptors (Lipinski definition) is 5. The van der Waals surface area contributed by atoms with E-state index in [2.05, 4.69) is 5.32 Å². The van der Waals surface area contributed by atoms with Crippen molar-refractivity contribution in [1.29, 1.82) is 0 Å². The number of nitrogens with one attached hydrogen (secondary N) is 1. The van der Waals surface area contributed by atoms with E-state index in [0.29, 0.717) is 63.8 Å². The fourth-order valence-electron chi connectivity index (χ4n) is 5.07. The molecule has 1 atom stereocenters. The summed E-state index contributed by atoms with van der Waals surface area (Å²) >= 11 is 0. The number of ether oxygens (including phenoxy) is 3. The number of piperidine rings is 1. The third-order valence-corrected chi connectivity index (χ3v) is 6.96. The molecule has 0 spiro atoms. The van der Waals surface area contributed by atoms with E-state index in [9.17, 15) is 14.0 Å². The predicted octanol–water partition coefficient (Wildman–Crippen LogP) is 3.60. The van der Waals surface area contributed by atoms with E-state index in [1.807, 2.05) is 23.1 Å². The summed E-state index contributed by atoms with van der Waals surface area (Å²) in [5.41, 5.74) is 0.609. The first kappa shape index (κ1) is 22.5. The number of rotatable bonds is 7. The van der Waals surface area contributed by atoms with Crippen molar-refractivity contribution in [3.8, 4) is 17.2 Å². The molecule has 3 aliphatic heterocycles. The maximum Gasteiger partial charge on any atom is 0.231 e. The molecule has 3 heterocycles. The summed E-state index contributed by atoms with van der Waals surface area (Å²) in [6.07, 6.45) is 3.98. The zero-order valence-corrected chi connectivity index (χ0v) is 19.1. The Morgan fingerprint density at radius 3 is 2.71 bits per heavy atom. The van der Waals surface area contributed by atoms with Crippen LogP contribution in [0.2, 0.25) is 0 Å². The van der Waals surface area contributed by atoms with E-state index in [4.69, 9.17) is 14.2 Å². The van der Waals surface area contributed by atoms with Crippen LogP contribution in [0.25, 0.3) is 0 Å². The number of halogens is 1. The number of amides is 2. The predicted molar refractivity (Wildman–Crippen MR) is 122 cm³/mol. The summed E-state index contributed by atoms with van der Waals surface area (Å²) in [4.78, 5) is 26.9. The van der Waals surface area contributed by atoms with E-state index in [1.54, 1.807) is 18.2 Å². The van der Waals surface area contributed by atoms with E-state index >= 15 is 0 Å². The highest BCUT2D eigenvalue weighted by atomic mass is 19.1. The average Bonchev–Trinajstić information content (AvgIpc) is 3.46. The van der Waals surface area contributed by atoms with Gasteiger partial charge in [0.1, 0.15) is 6.10 Å². The van der Waals surface area contributed by atoms with E-state index in [-0.39, 0.29) is 36.3 Å². The highest BCUT2D eigenvalue weighted by molar-refractivity contribution is 5.80. The molecule has 2 fully saturated rings. The molecule has 3 aliphatic rings. The SMILES string of the molecule is O=C1CC[C@@](CCC(=O)N2CCC(Oc3ccccc3F)CC2)(Cc2ccc3c(c2)OCO3)N1. The van der Waals surface area contributed by atoms with Gasteiger partial charge < -0.3 is 24.4 Å². The van der Waals surface area contributed by atoms with Crippen LogP contribution in [0.15, 0.2) is 42.5 Å². The molecule has 180 valence electrons. The van der Waals surface area contributed by atoms with Crippen molar-refractivity contribution in [2.75, 3.05) is 19.9 Å². The number of hydrogen-bond donors (Lipinski definition) is 1. The topological polar surface area (TPSA) is 77.1 Å². The van der Waals surface area contributed by atoms with E-state index < -0.39 is 5.54 Å². The second kappa shape index (κ2) is 9.52. The number of carbonyl (C=O) groups excluding carboxylic acids is 2. The van der Waals surface area contributed by atoms with Gasteiger partial charge in [-0.1, -0.05) is 18.2 Å². The second-order valence-electron chi connectivity index (χ2n) is 9.32. The number of fused-ring (bicyclic) bond motifs is 1. The Morgan fingerprint density at radius 1 is 1.15 bits per heavy atom. The zero-order valence-electron chi connectivity index (χ0n) is 19.1. The zero-order chi connectivity index (χ0) is 23.5. The Balaban J connectivity index is 1.15. The minimum Gasteiger partial charge on any atom is -0.487 e. The molecule has 8 heteroatoms. The second-order valence-corrected chi connectivity index (χ2v) is 9.32. The molecule has 1 N–H and O–H groups in total. The van der Waals surface area contributed by atoms with Crippen LogP contribution in [-0.4, -0.2) is 48.2 Å². The van der Waals surface area contributed by atoms with Gasteiger partial charge in [0.15, 0.2) is 23.1 Å². The van der Waals surface area contributed by atoms with E-state index in [0.717, 1.165) is 11.3 Å². The van der Waals surface area contributed by atoms with Crippen molar-refractivity contribution in [3.63, 3.8) is 0 Å². The van der Waals surface area contributed by atoms with Gasteiger partial charge >= 0.3 is 0 Å². The lowest BCUT2D eigenvalue weighted by Gasteiger charge is -2.34. The van der Waals surface area contributed by atoms with Crippen molar-refractivity contribution >= 4 is 11.8 Å². The summed E-state index contributed by atoms with van der Waals surface area (Å²) in [6.45, 7) is 1.39. The van der Waals surface area contributed by atoms with Crippen molar-refractivity contribution in [2.24, 2.45) is 0 Å². The first-order valence-corrected chi connectivity index (χ1v) is 11.9. The molecule has 0 aromatic heterocycles. The van der Waals surface area contributed by atoms with Gasteiger partial charge in [0.05, 0.1) is 0 Å². The molecular weight excluding hydrogens is 439 g/mol. The van der Waals surface area contributed by atoms with Crippen LogP contribution in [0.3, 0.4) is 0 Å². The van der Waals surface area contributed by atoms with Gasteiger partial charge in [-0.2, -0.15) is 0 Å². The van der Waals surface area contributed by atoms with Gasteiger partial charge in [-0.25, -0.2) is 4.39 Å².